The first-order chi connectivity index (χ1) is 8.75. The molecule has 0 unspecified atom stereocenters. The summed E-state index contributed by atoms with van der Waals surface area (Å²) in [5.41, 5.74) is 3.45. The van der Waals surface area contributed by atoms with E-state index in [2.05, 4.69) is 15.5 Å². The van der Waals surface area contributed by atoms with Gasteiger partial charge in [-0.25, -0.2) is 5.43 Å². The third-order valence-corrected chi connectivity index (χ3v) is 2.17. The van der Waals surface area contributed by atoms with Crippen LogP contribution in [0.1, 0.15) is 16.1 Å². The number of carbonyl (C=O) groups is 1. The van der Waals surface area contributed by atoms with Crippen LogP contribution in [0.5, 0.6) is 5.75 Å². The number of carbonyl (C=O) groups excluding carboxylic acids is 1. The van der Waals surface area contributed by atoms with E-state index in [-0.39, 0.29) is 11.7 Å². The lowest BCUT2D eigenvalue weighted by molar-refractivity contribution is 0.0950. The van der Waals surface area contributed by atoms with Gasteiger partial charge in [0.15, 0.2) is 0 Å². The summed E-state index contributed by atoms with van der Waals surface area (Å²) >= 11 is 0. The molecule has 18 heavy (non-hydrogen) atoms. The largest absolute Gasteiger partial charge is 0.508 e. The van der Waals surface area contributed by atoms with Gasteiger partial charge in [-0.2, -0.15) is 5.10 Å². The smallest absolute Gasteiger partial charge is 0.289 e. The van der Waals surface area contributed by atoms with Crippen LogP contribution in [0.4, 0.5) is 0 Å². The Bertz CT molecular complexity index is 550. The van der Waals surface area contributed by atoms with Crippen molar-refractivity contribution in [3.63, 3.8) is 0 Å². The lowest BCUT2D eigenvalue weighted by Crippen LogP contribution is -2.18. The first-order valence-electron chi connectivity index (χ1n) is 5.29. The van der Waals surface area contributed by atoms with Gasteiger partial charge in [-0.05, 0) is 42.0 Å². The Morgan fingerprint density at radius 2 is 2.00 bits per heavy atom. The van der Waals surface area contributed by atoms with Crippen molar-refractivity contribution in [3.8, 4) is 5.75 Å². The maximum absolute atomic E-state index is 11.6. The Hall–Kier alpha value is -2.69. The van der Waals surface area contributed by atoms with Crippen LogP contribution in [0.2, 0.25) is 0 Å². The Kier molecular flexibility index (Phi) is 3.66. The maximum Gasteiger partial charge on any atom is 0.289 e. The summed E-state index contributed by atoms with van der Waals surface area (Å²) in [5.74, 6) is -0.185. The molecule has 2 aromatic rings. The molecule has 5 heteroatoms. The summed E-state index contributed by atoms with van der Waals surface area (Å²) in [5, 5.41) is 12.9. The molecule has 0 aliphatic heterocycles. The van der Waals surface area contributed by atoms with Crippen LogP contribution in [0, 0.1) is 0 Å². The zero-order chi connectivity index (χ0) is 12.8. The van der Waals surface area contributed by atoms with Crippen LogP contribution in [-0.4, -0.2) is 22.2 Å². The van der Waals surface area contributed by atoms with E-state index in [0.29, 0.717) is 5.69 Å². The van der Waals surface area contributed by atoms with Crippen molar-refractivity contribution in [1.29, 1.82) is 0 Å². The molecule has 0 fully saturated rings. The zero-order valence-electron chi connectivity index (χ0n) is 9.45. The normalized spacial score (nSPS) is 10.4. The average Bonchev–Trinajstić information content (AvgIpc) is 2.42. The second kappa shape index (κ2) is 5.58. The highest BCUT2D eigenvalue weighted by molar-refractivity contribution is 5.93. The van der Waals surface area contributed by atoms with Crippen LogP contribution in [0.25, 0.3) is 0 Å². The van der Waals surface area contributed by atoms with Gasteiger partial charge < -0.3 is 5.11 Å². The average molecular weight is 241 g/mol. The molecule has 0 radical (unpaired) electrons. The molecular formula is C13H11N3O2. The van der Waals surface area contributed by atoms with Gasteiger partial charge in [-0.15, -0.1) is 0 Å². The molecule has 1 aromatic heterocycles. The second-order valence-electron chi connectivity index (χ2n) is 3.51. The van der Waals surface area contributed by atoms with Crippen LogP contribution in [0.15, 0.2) is 53.8 Å². The molecule has 1 aromatic carbocycles. The topological polar surface area (TPSA) is 74.6 Å². The van der Waals surface area contributed by atoms with E-state index in [1.54, 1.807) is 48.7 Å². The Labute approximate surface area is 104 Å². The fraction of sp³-hybridized carbons (Fsp3) is 0. The van der Waals surface area contributed by atoms with Crippen LogP contribution in [-0.2, 0) is 0 Å². The number of rotatable bonds is 3. The number of phenolic OH excluding ortho intramolecular Hbond substituents is 1. The van der Waals surface area contributed by atoms with Crippen molar-refractivity contribution >= 4 is 12.1 Å². The van der Waals surface area contributed by atoms with Crippen molar-refractivity contribution in [1.82, 2.24) is 10.4 Å². The van der Waals surface area contributed by atoms with Gasteiger partial charge in [0.2, 0.25) is 0 Å². The predicted octanol–water partition coefficient (Wildman–Crippen LogP) is 1.55. The summed E-state index contributed by atoms with van der Waals surface area (Å²) < 4.78 is 0. The summed E-state index contributed by atoms with van der Waals surface area (Å²) in [6.07, 6.45) is 3.03. The van der Waals surface area contributed by atoms with Gasteiger partial charge in [-0.1, -0.05) is 6.07 Å². The summed E-state index contributed by atoms with van der Waals surface area (Å²) in [6, 6.07) is 11.5. The first-order valence-corrected chi connectivity index (χ1v) is 5.29. The van der Waals surface area contributed by atoms with E-state index in [0.717, 1.165) is 5.56 Å². The third kappa shape index (κ3) is 3.15. The van der Waals surface area contributed by atoms with Gasteiger partial charge in [0.1, 0.15) is 11.4 Å². The Balaban J connectivity index is 1.96. The number of hydrazone groups is 1. The van der Waals surface area contributed by atoms with Gasteiger partial charge in [-0.3, -0.25) is 9.78 Å². The molecule has 2 N–H and O–H groups in total. The molecule has 90 valence electrons. The lowest BCUT2D eigenvalue weighted by atomic mass is 10.2. The van der Waals surface area contributed by atoms with Crippen molar-refractivity contribution in [2.75, 3.05) is 0 Å². The van der Waals surface area contributed by atoms with Gasteiger partial charge in [0, 0.05) is 6.20 Å². The fourth-order valence-corrected chi connectivity index (χ4v) is 1.28. The van der Waals surface area contributed by atoms with Crippen LogP contribution < -0.4 is 5.43 Å². The number of aromatic nitrogens is 1. The minimum atomic E-state index is -0.370. The van der Waals surface area contributed by atoms with Crippen molar-refractivity contribution < 1.29 is 9.90 Å². The van der Waals surface area contributed by atoms with Gasteiger partial charge in [0.05, 0.1) is 6.21 Å². The highest BCUT2D eigenvalue weighted by atomic mass is 16.3. The lowest BCUT2D eigenvalue weighted by Gasteiger charge is -1.98. The maximum atomic E-state index is 11.6. The number of hydrogen-bond donors (Lipinski definition) is 2. The molecule has 0 saturated carbocycles. The molecule has 0 aliphatic carbocycles. The predicted molar refractivity (Wildman–Crippen MR) is 67.4 cm³/mol. The zero-order valence-corrected chi connectivity index (χ0v) is 9.45. The summed E-state index contributed by atoms with van der Waals surface area (Å²) in [7, 11) is 0. The molecule has 0 aliphatic rings. The molecule has 0 bridgehead atoms. The number of pyridine rings is 1. The summed E-state index contributed by atoms with van der Waals surface area (Å²) in [4.78, 5) is 15.5. The highest BCUT2D eigenvalue weighted by Gasteiger charge is 2.03. The Morgan fingerprint density at radius 3 is 2.67 bits per heavy atom. The van der Waals surface area contributed by atoms with Crippen molar-refractivity contribution in [2.24, 2.45) is 5.10 Å². The second-order valence-corrected chi connectivity index (χ2v) is 3.51. The SMILES string of the molecule is O=C(N/N=C\c1ccc(O)cc1)c1ccccn1. The third-order valence-electron chi connectivity index (χ3n) is 2.17. The molecule has 5 nitrogen and oxygen atoms in total. The van der Waals surface area contributed by atoms with E-state index >= 15 is 0 Å². The standard InChI is InChI=1S/C13H11N3O2/c17-11-6-4-10(5-7-11)9-15-16-13(18)12-3-1-2-8-14-12/h1-9,17H,(H,16,18)/b15-9-. The van der Waals surface area contributed by atoms with E-state index in [9.17, 15) is 4.79 Å². The number of nitrogens with one attached hydrogen (secondary N) is 1. The number of phenols is 1. The van der Waals surface area contributed by atoms with Crippen molar-refractivity contribution in [3.05, 3.63) is 59.9 Å². The van der Waals surface area contributed by atoms with E-state index in [1.165, 1.54) is 6.21 Å². The Morgan fingerprint density at radius 1 is 1.22 bits per heavy atom. The van der Waals surface area contributed by atoms with E-state index in [1.807, 2.05) is 0 Å². The molecule has 1 amide bonds. The minimum absolute atomic E-state index is 0.185. The molecule has 0 atom stereocenters. The fourth-order valence-electron chi connectivity index (χ4n) is 1.28. The number of hydrogen-bond acceptors (Lipinski definition) is 4. The van der Waals surface area contributed by atoms with Crippen molar-refractivity contribution in [2.45, 2.75) is 0 Å². The molecule has 2 rings (SSSR count). The van der Waals surface area contributed by atoms with Gasteiger partial charge in [0.25, 0.3) is 5.91 Å². The number of benzene rings is 1. The molecule has 1 heterocycles. The van der Waals surface area contributed by atoms with E-state index < -0.39 is 0 Å². The minimum Gasteiger partial charge on any atom is -0.508 e. The quantitative estimate of drug-likeness (QED) is 0.632. The van der Waals surface area contributed by atoms with Crippen LogP contribution in [0.3, 0.4) is 0 Å². The highest BCUT2D eigenvalue weighted by Crippen LogP contribution is 2.07. The number of amides is 1. The number of aromatic hydroxyl groups is 1. The monoisotopic (exact) mass is 241 g/mol. The summed E-state index contributed by atoms with van der Waals surface area (Å²) in [6.45, 7) is 0. The van der Waals surface area contributed by atoms with Gasteiger partial charge >= 0.3 is 0 Å². The number of nitrogens with zero attached hydrogens (tertiary/aromatic N) is 2. The molecule has 0 spiro atoms. The molecular weight excluding hydrogens is 230 g/mol. The van der Waals surface area contributed by atoms with E-state index in [4.69, 9.17) is 5.11 Å². The first kappa shape index (κ1) is 11.8. The molecule has 0 saturated heterocycles. The van der Waals surface area contributed by atoms with Crippen LogP contribution >= 0.6 is 0 Å².